The summed E-state index contributed by atoms with van der Waals surface area (Å²) in [6.45, 7) is 6.40. The molecule has 1 fully saturated rings. The molecule has 1 saturated heterocycles. The van der Waals surface area contributed by atoms with Crippen molar-refractivity contribution in [2.24, 2.45) is 0 Å². The number of nitrogens with zero attached hydrogens (tertiary/aromatic N) is 1. The Hall–Kier alpha value is -1.55. The Balaban J connectivity index is 1.86. The van der Waals surface area contributed by atoms with Gasteiger partial charge in [0.2, 0.25) is 0 Å². The number of rotatable bonds is 3. The van der Waals surface area contributed by atoms with Crippen LogP contribution in [-0.4, -0.2) is 37.1 Å². The summed E-state index contributed by atoms with van der Waals surface area (Å²) in [5.41, 5.74) is 2.10. The van der Waals surface area contributed by atoms with E-state index in [0.717, 1.165) is 31.6 Å². The molecule has 20 heavy (non-hydrogen) atoms. The third kappa shape index (κ3) is 4.23. The van der Waals surface area contributed by atoms with Gasteiger partial charge in [0.25, 0.3) is 0 Å². The SMILES string of the molecule is CC(C)c1cccc(NC(=O)NC2CCN(C)CC2)c1. The summed E-state index contributed by atoms with van der Waals surface area (Å²) in [7, 11) is 2.12. The van der Waals surface area contributed by atoms with Gasteiger partial charge in [-0.05, 0) is 56.6 Å². The molecule has 0 spiro atoms. The maximum absolute atomic E-state index is 12.0. The Morgan fingerprint density at radius 1 is 1.30 bits per heavy atom. The Bertz CT molecular complexity index is 451. The summed E-state index contributed by atoms with van der Waals surface area (Å²) in [6.07, 6.45) is 2.05. The fraction of sp³-hybridized carbons (Fsp3) is 0.562. The average Bonchev–Trinajstić information content (AvgIpc) is 2.41. The summed E-state index contributed by atoms with van der Waals surface area (Å²) in [5, 5.41) is 5.99. The zero-order chi connectivity index (χ0) is 14.5. The fourth-order valence-electron chi connectivity index (χ4n) is 2.48. The molecule has 0 unspecified atom stereocenters. The minimum absolute atomic E-state index is 0.0968. The molecule has 1 aromatic rings. The summed E-state index contributed by atoms with van der Waals surface area (Å²) in [5.74, 6) is 0.466. The number of carbonyl (C=O) groups excluding carboxylic acids is 1. The molecule has 110 valence electrons. The monoisotopic (exact) mass is 275 g/mol. The van der Waals surface area contributed by atoms with Crippen LogP contribution in [0.15, 0.2) is 24.3 Å². The second kappa shape index (κ2) is 6.75. The number of likely N-dealkylation sites (tertiary alicyclic amines) is 1. The lowest BCUT2D eigenvalue weighted by Gasteiger charge is -2.29. The van der Waals surface area contributed by atoms with Crippen LogP contribution in [0.2, 0.25) is 0 Å². The molecule has 2 N–H and O–H groups in total. The lowest BCUT2D eigenvalue weighted by Crippen LogP contribution is -2.44. The third-order valence-corrected chi connectivity index (χ3v) is 3.86. The molecule has 0 atom stereocenters. The molecule has 1 heterocycles. The summed E-state index contributed by atoms with van der Waals surface area (Å²) in [6, 6.07) is 8.24. The van der Waals surface area contributed by atoms with E-state index >= 15 is 0 Å². The van der Waals surface area contributed by atoms with Crippen LogP contribution in [0.25, 0.3) is 0 Å². The van der Waals surface area contributed by atoms with Crippen LogP contribution in [0.1, 0.15) is 38.2 Å². The number of amides is 2. The van der Waals surface area contributed by atoms with Crippen LogP contribution in [0, 0.1) is 0 Å². The fourth-order valence-corrected chi connectivity index (χ4v) is 2.48. The van der Waals surface area contributed by atoms with Crippen molar-refractivity contribution in [1.82, 2.24) is 10.2 Å². The summed E-state index contributed by atoms with van der Waals surface area (Å²) in [4.78, 5) is 14.3. The summed E-state index contributed by atoms with van der Waals surface area (Å²) < 4.78 is 0. The molecule has 0 bridgehead atoms. The molecular weight excluding hydrogens is 250 g/mol. The van der Waals surface area contributed by atoms with Crippen molar-refractivity contribution in [3.05, 3.63) is 29.8 Å². The van der Waals surface area contributed by atoms with Crippen LogP contribution in [0.4, 0.5) is 10.5 Å². The van der Waals surface area contributed by atoms with E-state index in [-0.39, 0.29) is 6.03 Å². The zero-order valence-electron chi connectivity index (χ0n) is 12.6. The molecular formula is C16H25N3O. The van der Waals surface area contributed by atoms with Gasteiger partial charge in [-0.3, -0.25) is 0 Å². The highest BCUT2D eigenvalue weighted by molar-refractivity contribution is 5.89. The topological polar surface area (TPSA) is 44.4 Å². The second-order valence-electron chi connectivity index (χ2n) is 5.96. The molecule has 0 radical (unpaired) electrons. The molecule has 0 aromatic heterocycles. The highest BCUT2D eigenvalue weighted by Crippen LogP contribution is 2.18. The smallest absolute Gasteiger partial charge is 0.319 e. The Labute approximate surface area is 121 Å². The number of hydrogen-bond donors (Lipinski definition) is 2. The first-order valence-electron chi connectivity index (χ1n) is 7.40. The molecule has 2 rings (SSSR count). The third-order valence-electron chi connectivity index (χ3n) is 3.86. The van der Waals surface area contributed by atoms with Crippen molar-refractivity contribution in [2.75, 3.05) is 25.5 Å². The normalized spacial score (nSPS) is 17.2. The highest BCUT2D eigenvalue weighted by atomic mass is 16.2. The first-order valence-corrected chi connectivity index (χ1v) is 7.40. The van der Waals surface area contributed by atoms with Gasteiger partial charge in [-0.15, -0.1) is 0 Å². The lowest BCUT2D eigenvalue weighted by atomic mass is 10.0. The van der Waals surface area contributed by atoms with E-state index in [9.17, 15) is 4.79 Å². The van der Waals surface area contributed by atoms with Gasteiger partial charge in [-0.1, -0.05) is 26.0 Å². The molecule has 1 aliphatic rings. The van der Waals surface area contributed by atoms with Gasteiger partial charge in [-0.2, -0.15) is 0 Å². The molecule has 0 saturated carbocycles. The molecule has 0 aliphatic carbocycles. The quantitative estimate of drug-likeness (QED) is 0.890. The van der Waals surface area contributed by atoms with Crippen molar-refractivity contribution in [3.8, 4) is 0 Å². The number of anilines is 1. The predicted molar refractivity (Wildman–Crippen MR) is 83.2 cm³/mol. The first kappa shape index (κ1) is 14.9. The van der Waals surface area contributed by atoms with Gasteiger partial charge in [0.15, 0.2) is 0 Å². The summed E-state index contributed by atoms with van der Waals surface area (Å²) >= 11 is 0. The van der Waals surface area contributed by atoms with E-state index in [4.69, 9.17) is 0 Å². The van der Waals surface area contributed by atoms with Gasteiger partial charge in [-0.25, -0.2) is 4.79 Å². The number of hydrogen-bond acceptors (Lipinski definition) is 2. The average molecular weight is 275 g/mol. The number of urea groups is 1. The molecule has 1 aromatic carbocycles. The maximum atomic E-state index is 12.0. The number of carbonyl (C=O) groups is 1. The number of benzene rings is 1. The van der Waals surface area contributed by atoms with Gasteiger partial charge < -0.3 is 15.5 Å². The highest BCUT2D eigenvalue weighted by Gasteiger charge is 2.18. The largest absolute Gasteiger partial charge is 0.335 e. The molecule has 2 amide bonds. The predicted octanol–water partition coefficient (Wildman–Crippen LogP) is 3.03. The van der Waals surface area contributed by atoms with Gasteiger partial charge >= 0.3 is 6.03 Å². The van der Waals surface area contributed by atoms with Gasteiger partial charge in [0.1, 0.15) is 0 Å². The molecule has 4 heteroatoms. The standard InChI is InChI=1S/C16H25N3O/c1-12(2)13-5-4-6-15(11-13)18-16(20)17-14-7-9-19(3)10-8-14/h4-6,11-12,14H,7-10H2,1-3H3,(H2,17,18,20). The van der Waals surface area contributed by atoms with E-state index in [1.807, 2.05) is 18.2 Å². The van der Waals surface area contributed by atoms with Gasteiger partial charge in [0, 0.05) is 11.7 Å². The minimum atomic E-state index is -0.0968. The van der Waals surface area contributed by atoms with E-state index in [1.54, 1.807) is 0 Å². The van der Waals surface area contributed by atoms with Crippen molar-refractivity contribution in [1.29, 1.82) is 0 Å². The van der Waals surface area contributed by atoms with Crippen LogP contribution in [-0.2, 0) is 0 Å². The van der Waals surface area contributed by atoms with Crippen molar-refractivity contribution < 1.29 is 4.79 Å². The minimum Gasteiger partial charge on any atom is -0.335 e. The molecule has 4 nitrogen and oxygen atoms in total. The first-order chi connectivity index (χ1) is 9.54. The van der Waals surface area contributed by atoms with Crippen molar-refractivity contribution in [2.45, 2.75) is 38.6 Å². The maximum Gasteiger partial charge on any atom is 0.319 e. The number of piperidine rings is 1. The second-order valence-corrected chi connectivity index (χ2v) is 5.96. The molecule has 1 aliphatic heterocycles. The Kier molecular flexibility index (Phi) is 5.01. The number of nitrogens with one attached hydrogen (secondary N) is 2. The van der Waals surface area contributed by atoms with Crippen molar-refractivity contribution in [3.63, 3.8) is 0 Å². The van der Waals surface area contributed by atoms with Crippen LogP contribution in [0.3, 0.4) is 0 Å². The van der Waals surface area contributed by atoms with E-state index in [0.29, 0.717) is 12.0 Å². The Morgan fingerprint density at radius 2 is 2.00 bits per heavy atom. The Morgan fingerprint density at radius 3 is 2.65 bits per heavy atom. The lowest BCUT2D eigenvalue weighted by molar-refractivity contribution is 0.221. The van der Waals surface area contributed by atoms with Gasteiger partial charge in [0.05, 0.1) is 0 Å². The van der Waals surface area contributed by atoms with Crippen LogP contribution < -0.4 is 10.6 Å². The van der Waals surface area contributed by atoms with Crippen molar-refractivity contribution >= 4 is 11.7 Å². The van der Waals surface area contributed by atoms with Crippen LogP contribution >= 0.6 is 0 Å². The van der Waals surface area contributed by atoms with E-state index in [2.05, 4.69) is 42.5 Å². The van der Waals surface area contributed by atoms with E-state index < -0.39 is 0 Å². The zero-order valence-corrected chi connectivity index (χ0v) is 12.6. The van der Waals surface area contributed by atoms with Crippen LogP contribution in [0.5, 0.6) is 0 Å². The van der Waals surface area contributed by atoms with E-state index in [1.165, 1.54) is 5.56 Å².